The van der Waals surface area contributed by atoms with Crippen molar-refractivity contribution >= 4 is 96.9 Å². The van der Waals surface area contributed by atoms with Crippen molar-refractivity contribution in [3.63, 3.8) is 0 Å². The Morgan fingerprint density at radius 1 is 0.310 bits per heavy atom. The van der Waals surface area contributed by atoms with Gasteiger partial charge in [0.05, 0.1) is 38.8 Å². The molecular formula is C54H33N3S. The van der Waals surface area contributed by atoms with Crippen molar-refractivity contribution in [3.05, 3.63) is 200 Å². The second-order valence-corrected chi connectivity index (χ2v) is 16.3. The van der Waals surface area contributed by atoms with Gasteiger partial charge in [0.25, 0.3) is 0 Å². The Morgan fingerprint density at radius 2 is 0.741 bits per heavy atom. The normalized spacial score (nSPS) is 12.1. The molecule has 0 atom stereocenters. The number of para-hydroxylation sites is 4. The maximum Gasteiger partial charge on any atom is 0.0555 e. The Morgan fingerprint density at radius 3 is 1.31 bits per heavy atom. The van der Waals surface area contributed by atoms with E-state index in [2.05, 4.69) is 214 Å². The maximum atomic E-state index is 2.49. The van der Waals surface area contributed by atoms with E-state index in [0.717, 1.165) is 11.4 Å². The van der Waals surface area contributed by atoms with Gasteiger partial charge in [-0.1, -0.05) is 127 Å². The third kappa shape index (κ3) is 4.38. The number of fused-ring (bicyclic) bond motifs is 12. The third-order valence-electron chi connectivity index (χ3n) is 12.2. The van der Waals surface area contributed by atoms with Gasteiger partial charge in [-0.25, -0.2) is 0 Å². The van der Waals surface area contributed by atoms with Crippen LogP contribution in [0.1, 0.15) is 0 Å². The number of benzene rings is 9. The Bertz CT molecular complexity index is 3750. The van der Waals surface area contributed by atoms with E-state index >= 15 is 0 Å². The van der Waals surface area contributed by atoms with Gasteiger partial charge < -0.3 is 13.7 Å². The topological polar surface area (TPSA) is 14.8 Å². The van der Waals surface area contributed by atoms with Crippen LogP contribution in [-0.4, -0.2) is 13.7 Å². The molecule has 0 radical (unpaired) electrons. The highest BCUT2D eigenvalue weighted by molar-refractivity contribution is 7.26. The summed E-state index contributed by atoms with van der Waals surface area (Å²) in [4.78, 5) is 0. The Labute approximate surface area is 337 Å². The average molecular weight is 756 g/mol. The van der Waals surface area contributed by atoms with E-state index in [4.69, 9.17) is 0 Å². The van der Waals surface area contributed by atoms with Crippen molar-refractivity contribution in [2.45, 2.75) is 0 Å². The molecule has 13 aromatic rings. The van der Waals surface area contributed by atoms with Gasteiger partial charge in [0.15, 0.2) is 0 Å². The zero-order valence-corrected chi connectivity index (χ0v) is 32.1. The lowest BCUT2D eigenvalue weighted by Crippen LogP contribution is -1.97. The lowest BCUT2D eigenvalue weighted by molar-refractivity contribution is 1.16. The van der Waals surface area contributed by atoms with Crippen LogP contribution in [0, 0.1) is 0 Å². The molecule has 4 heteroatoms. The minimum absolute atomic E-state index is 1.15. The van der Waals surface area contributed by atoms with Crippen molar-refractivity contribution in [1.29, 1.82) is 0 Å². The van der Waals surface area contributed by atoms with Crippen molar-refractivity contribution < 1.29 is 0 Å². The van der Waals surface area contributed by atoms with Crippen molar-refractivity contribution in [2.24, 2.45) is 0 Å². The number of hydrogen-bond acceptors (Lipinski definition) is 1. The van der Waals surface area contributed by atoms with Crippen LogP contribution in [0.15, 0.2) is 200 Å². The van der Waals surface area contributed by atoms with Crippen LogP contribution in [0.3, 0.4) is 0 Å². The summed E-state index contributed by atoms with van der Waals surface area (Å²) >= 11 is 1.89. The second kappa shape index (κ2) is 12.1. The summed E-state index contributed by atoms with van der Waals surface area (Å²) in [6.45, 7) is 0. The van der Waals surface area contributed by atoms with Crippen LogP contribution in [0.5, 0.6) is 0 Å². The van der Waals surface area contributed by atoms with Gasteiger partial charge in [-0.2, -0.15) is 0 Å². The summed E-state index contributed by atoms with van der Waals surface area (Å²) in [5.74, 6) is 0. The highest BCUT2D eigenvalue weighted by atomic mass is 32.1. The number of nitrogens with zero attached hydrogens (tertiary/aromatic N) is 3. The van der Waals surface area contributed by atoms with Crippen LogP contribution in [0.2, 0.25) is 0 Å². The Balaban J connectivity index is 1.05. The molecule has 4 heterocycles. The van der Waals surface area contributed by atoms with Crippen LogP contribution < -0.4 is 0 Å². The van der Waals surface area contributed by atoms with Crippen molar-refractivity contribution in [3.8, 4) is 28.2 Å². The summed E-state index contributed by atoms with van der Waals surface area (Å²) in [7, 11) is 0. The Hall–Kier alpha value is -7.40. The summed E-state index contributed by atoms with van der Waals surface area (Å²) in [5.41, 5.74) is 13.3. The van der Waals surface area contributed by atoms with E-state index in [1.165, 1.54) is 102 Å². The van der Waals surface area contributed by atoms with Crippen molar-refractivity contribution in [2.75, 3.05) is 0 Å². The SMILES string of the molecule is c1ccc(-c2ccc(-n3c4ccccc4c4cc(-n5c6ccccc6c6cc(-n7c8ccccc8c8ccccc87)ccc65)ccc43)c3c2sc2ccccc23)cc1. The summed E-state index contributed by atoms with van der Waals surface area (Å²) in [6.07, 6.45) is 0. The minimum atomic E-state index is 1.15. The zero-order chi connectivity index (χ0) is 37.9. The molecule has 0 aliphatic rings. The molecule has 58 heavy (non-hydrogen) atoms. The smallest absolute Gasteiger partial charge is 0.0555 e. The monoisotopic (exact) mass is 755 g/mol. The third-order valence-corrected chi connectivity index (χ3v) is 13.4. The first-order chi connectivity index (χ1) is 28.8. The van der Waals surface area contributed by atoms with Crippen LogP contribution in [0.4, 0.5) is 0 Å². The fourth-order valence-corrected chi connectivity index (χ4v) is 11.0. The molecule has 0 aliphatic carbocycles. The molecular weight excluding hydrogens is 723 g/mol. The highest BCUT2D eigenvalue weighted by Gasteiger charge is 2.21. The molecule has 0 amide bonds. The minimum Gasteiger partial charge on any atom is -0.309 e. The number of thiophene rings is 1. The maximum absolute atomic E-state index is 2.49. The first-order valence-electron chi connectivity index (χ1n) is 19.9. The number of aromatic nitrogens is 3. The van der Waals surface area contributed by atoms with E-state index in [1.54, 1.807) is 0 Å². The van der Waals surface area contributed by atoms with Gasteiger partial charge in [0, 0.05) is 63.9 Å². The van der Waals surface area contributed by atoms with Gasteiger partial charge in [-0.05, 0) is 83.9 Å². The summed E-state index contributed by atoms with van der Waals surface area (Å²) in [6, 6.07) is 73.6. The molecule has 270 valence electrons. The molecule has 0 unspecified atom stereocenters. The van der Waals surface area contributed by atoms with Crippen molar-refractivity contribution in [1.82, 2.24) is 13.7 Å². The van der Waals surface area contributed by atoms with Gasteiger partial charge >= 0.3 is 0 Å². The fraction of sp³-hybridized carbons (Fsp3) is 0. The molecule has 0 N–H and O–H groups in total. The number of rotatable bonds is 4. The van der Waals surface area contributed by atoms with Gasteiger partial charge in [-0.3, -0.25) is 0 Å². The van der Waals surface area contributed by atoms with Gasteiger partial charge in [-0.15, -0.1) is 11.3 Å². The highest BCUT2D eigenvalue weighted by Crippen LogP contribution is 2.46. The van der Waals surface area contributed by atoms with Crippen LogP contribution in [0.25, 0.3) is 114 Å². The molecule has 13 rings (SSSR count). The Kier molecular flexibility index (Phi) is 6.60. The molecule has 0 fully saturated rings. The lowest BCUT2D eigenvalue weighted by atomic mass is 10.0. The summed E-state index contributed by atoms with van der Waals surface area (Å²) in [5, 5.41) is 10.1. The quantitative estimate of drug-likeness (QED) is 0.170. The molecule has 0 aliphatic heterocycles. The first kappa shape index (κ1) is 31.8. The molecule has 0 saturated carbocycles. The van der Waals surface area contributed by atoms with Gasteiger partial charge in [0.1, 0.15) is 0 Å². The molecule has 0 spiro atoms. The van der Waals surface area contributed by atoms with Gasteiger partial charge in [0.2, 0.25) is 0 Å². The second-order valence-electron chi connectivity index (χ2n) is 15.3. The predicted octanol–water partition coefficient (Wildman–Crippen LogP) is 15.0. The standard InChI is InChI=1S/C54H33N3S/c1-2-14-34(15-3-1)37-28-31-51(53-42-20-8-13-25-52(42)58-54(37)53)57-48-24-12-7-19-41(48)44-33-36(27-30-50(44)57)56-47-23-11-6-18-40(47)43-32-35(26-29-49(43)56)55-45-21-9-4-16-38(45)39-17-5-10-22-46(39)55/h1-33H. The van der Waals surface area contributed by atoms with E-state index < -0.39 is 0 Å². The first-order valence-corrected chi connectivity index (χ1v) is 20.7. The van der Waals surface area contributed by atoms with E-state index in [9.17, 15) is 0 Å². The molecule has 0 saturated heterocycles. The largest absolute Gasteiger partial charge is 0.309 e. The summed E-state index contributed by atoms with van der Waals surface area (Å²) < 4.78 is 9.98. The predicted molar refractivity (Wildman–Crippen MR) is 248 cm³/mol. The fourth-order valence-electron chi connectivity index (χ4n) is 9.78. The average Bonchev–Trinajstić information content (AvgIpc) is 4.03. The van der Waals surface area contributed by atoms with E-state index in [1.807, 2.05) is 11.3 Å². The molecule has 0 bridgehead atoms. The van der Waals surface area contributed by atoms with Crippen LogP contribution >= 0.6 is 11.3 Å². The molecule has 4 aromatic heterocycles. The molecule has 3 nitrogen and oxygen atoms in total. The van der Waals surface area contributed by atoms with Crippen LogP contribution in [-0.2, 0) is 0 Å². The van der Waals surface area contributed by atoms with E-state index in [-0.39, 0.29) is 0 Å². The van der Waals surface area contributed by atoms with E-state index in [0.29, 0.717) is 0 Å². The molecule has 9 aromatic carbocycles. The number of hydrogen-bond donors (Lipinski definition) is 0. The lowest BCUT2D eigenvalue weighted by Gasteiger charge is -2.14. The zero-order valence-electron chi connectivity index (χ0n) is 31.3.